The van der Waals surface area contributed by atoms with E-state index >= 15 is 0 Å². The van der Waals surface area contributed by atoms with Crippen molar-refractivity contribution in [2.75, 3.05) is 0 Å². The predicted octanol–water partition coefficient (Wildman–Crippen LogP) is 2.76. The Labute approximate surface area is 148 Å². The largest absolute Gasteiger partial charge is 0.478 e. The summed E-state index contributed by atoms with van der Waals surface area (Å²) in [4.78, 5) is 41.7. The lowest BCUT2D eigenvalue weighted by atomic mass is 10.1. The van der Waals surface area contributed by atoms with Gasteiger partial charge < -0.3 is 5.11 Å². The number of amides is 2. The van der Waals surface area contributed by atoms with E-state index in [1.807, 2.05) is 37.3 Å². The van der Waals surface area contributed by atoms with Crippen molar-refractivity contribution < 1.29 is 19.5 Å². The van der Waals surface area contributed by atoms with Crippen molar-refractivity contribution in [3.05, 3.63) is 59.8 Å². The number of rotatable bonds is 5. The molecule has 6 nitrogen and oxygen atoms in total. The fourth-order valence-electron chi connectivity index (χ4n) is 2.78. The van der Waals surface area contributed by atoms with Gasteiger partial charge in [0.1, 0.15) is 5.03 Å². The molecule has 1 aromatic carbocycles. The molecule has 128 valence electrons. The third-order valence-electron chi connectivity index (χ3n) is 4.07. The fraction of sp³-hybridized carbons (Fsp3) is 0.222. The number of hydrogen-bond acceptors (Lipinski definition) is 5. The maximum Gasteiger partial charge on any atom is 0.338 e. The third kappa shape index (κ3) is 3.41. The van der Waals surface area contributed by atoms with E-state index in [-0.39, 0.29) is 34.9 Å². The van der Waals surface area contributed by atoms with Gasteiger partial charge in [-0.25, -0.2) is 9.78 Å². The first-order chi connectivity index (χ1) is 12.0. The lowest BCUT2D eigenvalue weighted by Gasteiger charge is -2.23. The van der Waals surface area contributed by atoms with Crippen LogP contribution in [0.3, 0.4) is 0 Å². The van der Waals surface area contributed by atoms with Crippen molar-refractivity contribution in [3.8, 4) is 0 Å². The molecule has 0 spiro atoms. The molecule has 2 atom stereocenters. The maximum atomic E-state index is 12.7. The van der Waals surface area contributed by atoms with Crippen molar-refractivity contribution in [2.45, 2.75) is 29.7 Å². The first-order valence-electron chi connectivity index (χ1n) is 7.75. The number of imide groups is 1. The highest BCUT2D eigenvalue weighted by Crippen LogP contribution is 2.35. The quantitative estimate of drug-likeness (QED) is 0.829. The zero-order chi connectivity index (χ0) is 18.0. The average molecular weight is 356 g/mol. The van der Waals surface area contributed by atoms with Crippen LogP contribution in [-0.2, 0) is 9.59 Å². The Morgan fingerprint density at radius 1 is 1.24 bits per heavy atom. The van der Waals surface area contributed by atoms with Crippen molar-refractivity contribution in [1.82, 2.24) is 9.88 Å². The van der Waals surface area contributed by atoms with E-state index in [9.17, 15) is 19.5 Å². The van der Waals surface area contributed by atoms with Gasteiger partial charge in [-0.1, -0.05) is 42.1 Å². The van der Waals surface area contributed by atoms with E-state index in [4.69, 9.17) is 0 Å². The first kappa shape index (κ1) is 17.2. The van der Waals surface area contributed by atoms with Gasteiger partial charge in [0.25, 0.3) is 0 Å². The van der Waals surface area contributed by atoms with Crippen LogP contribution in [0, 0.1) is 0 Å². The Bertz CT molecular complexity index is 825. The number of carboxylic acids is 1. The van der Waals surface area contributed by atoms with Gasteiger partial charge in [0.05, 0.1) is 16.9 Å². The lowest BCUT2D eigenvalue weighted by molar-refractivity contribution is -0.140. The Balaban J connectivity index is 1.81. The summed E-state index contributed by atoms with van der Waals surface area (Å²) in [5.74, 6) is -1.68. The standard InChI is InChI=1S/C18H16N2O4S/c1-11(12-6-3-2-4-7-12)20-15(21)10-14(17(20)22)25-16-13(18(23)24)8-5-9-19-16/h2-9,11,14H,10H2,1H3,(H,23,24)/t11-,14+/m1/s1. The van der Waals surface area contributed by atoms with Crippen LogP contribution in [-0.4, -0.2) is 38.0 Å². The molecule has 2 aromatic rings. The topological polar surface area (TPSA) is 87.6 Å². The highest BCUT2D eigenvalue weighted by molar-refractivity contribution is 8.00. The van der Waals surface area contributed by atoms with Gasteiger partial charge in [-0.2, -0.15) is 0 Å². The van der Waals surface area contributed by atoms with Crippen LogP contribution in [0.2, 0.25) is 0 Å². The molecular formula is C18H16N2O4S. The Morgan fingerprint density at radius 2 is 1.96 bits per heavy atom. The number of thioether (sulfide) groups is 1. The lowest BCUT2D eigenvalue weighted by Crippen LogP contribution is -2.33. The predicted molar refractivity (Wildman–Crippen MR) is 92.2 cm³/mol. The molecule has 2 amide bonds. The minimum absolute atomic E-state index is 0.0299. The minimum Gasteiger partial charge on any atom is -0.478 e. The smallest absolute Gasteiger partial charge is 0.338 e. The molecule has 0 bridgehead atoms. The van der Waals surface area contributed by atoms with E-state index in [0.717, 1.165) is 17.3 Å². The van der Waals surface area contributed by atoms with Gasteiger partial charge >= 0.3 is 5.97 Å². The number of carbonyl (C=O) groups is 3. The molecular weight excluding hydrogens is 340 g/mol. The number of aromatic carboxylic acids is 1. The maximum absolute atomic E-state index is 12.7. The molecule has 0 aliphatic carbocycles. The van der Waals surface area contributed by atoms with Crippen LogP contribution in [0.15, 0.2) is 53.7 Å². The third-order valence-corrected chi connectivity index (χ3v) is 5.27. The summed E-state index contributed by atoms with van der Waals surface area (Å²) in [7, 11) is 0. The Hall–Kier alpha value is -2.67. The van der Waals surface area contributed by atoms with Crippen molar-refractivity contribution in [1.29, 1.82) is 0 Å². The van der Waals surface area contributed by atoms with Crippen molar-refractivity contribution >= 4 is 29.5 Å². The molecule has 0 unspecified atom stereocenters. The van der Waals surface area contributed by atoms with Crippen molar-refractivity contribution in [2.24, 2.45) is 0 Å². The summed E-state index contributed by atoms with van der Waals surface area (Å²) >= 11 is 1.03. The molecule has 1 saturated heterocycles. The summed E-state index contributed by atoms with van der Waals surface area (Å²) in [5, 5.41) is 8.82. The van der Waals surface area contributed by atoms with E-state index < -0.39 is 11.2 Å². The number of aromatic nitrogens is 1. The van der Waals surface area contributed by atoms with Crippen LogP contribution in [0.25, 0.3) is 0 Å². The molecule has 0 radical (unpaired) electrons. The van der Waals surface area contributed by atoms with Gasteiger partial charge in [-0.3, -0.25) is 14.5 Å². The Morgan fingerprint density at radius 3 is 2.64 bits per heavy atom. The molecule has 7 heteroatoms. The zero-order valence-electron chi connectivity index (χ0n) is 13.5. The summed E-state index contributed by atoms with van der Waals surface area (Å²) in [6, 6.07) is 11.9. The second-order valence-corrected chi connectivity index (χ2v) is 6.85. The molecule has 0 saturated carbocycles. The van der Waals surface area contributed by atoms with Crippen LogP contribution in [0.1, 0.15) is 35.3 Å². The second kappa shape index (κ2) is 7.06. The van der Waals surface area contributed by atoms with Crippen LogP contribution < -0.4 is 0 Å². The van der Waals surface area contributed by atoms with E-state index in [1.165, 1.54) is 23.2 Å². The molecule has 1 N–H and O–H groups in total. The summed E-state index contributed by atoms with van der Waals surface area (Å²) in [5.41, 5.74) is 0.904. The molecule has 1 fully saturated rings. The molecule has 25 heavy (non-hydrogen) atoms. The number of carbonyl (C=O) groups excluding carboxylic acids is 2. The highest BCUT2D eigenvalue weighted by Gasteiger charge is 2.42. The molecule has 2 heterocycles. The summed E-state index contributed by atoms with van der Waals surface area (Å²) in [6.07, 6.45) is 1.51. The number of carboxylic acid groups (broad SMARTS) is 1. The van der Waals surface area contributed by atoms with Gasteiger partial charge in [0.2, 0.25) is 11.8 Å². The number of pyridine rings is 1. The number of benzene rings is 1. The minimum atomic E-state index is -1.11. The first-order valence-corrected chi connectivity index (χ1v) is 8.63. The summed E-state index contributed by atoms with van der Waals surface area (Å²) < 4.78 is 0. The number of nitrogens with zero attached hydrogens (tertiary/aromatic N) is 2. The molecule has 1 aromatic heterocycles. The zero-order valence-corrected chi connectivity index (χ0v) is 14.3. The van der Waals surface area contributed by atoms with Gasteiger partial charge in [0.15, 0.2) is 0 Å². The number of likely N-dealkylation sites (tertiary alicyclic amines) is 1. The average Bonchev–Trinajstić information content (AvgIpc) is 2.89. The monoisotopic (exact) mass is 356 g/mol. The van der Waals surface area contributed by atoms with Gasteiger partial charge in [-0.15, -0.1) is 0 Å². The highest BCUT2D eigenvalue weighted by atomic mass is 32.2. The van der Waals surface area contributed by atoms with Gasteiger partial charge in [-0.05, 0) is 24.6 Å². The van der Waals surface area contributed by atoms with E-state index in [1.54, 1.807) is 0 Å². The summed E-state index contributed by atoms with van der Waals surface area (Å²) in [6.45, 7) is 1.81. The van der Waals surface area contributed by atoms with Gasteiger partial charge in [0, 0.05) is 12.6 Å². The van der Waals surface area contributed by atoms with Crippen LogP contribution in [0.5, 0.6) is 0 Å². The van der Waals surface area contributed by atoms with Crippen molar-refractivity contribution in [3.63, 3.8) is 0 Å². The van der Waals surface area contributed by atoms with Crippen LogP contribution >= 0.6 is 11.8 Å². The number of hydrogen-bond donors (Lipinski definition) is 1. The van der Waals surface area contributed by atoms with E-state index in [0.29, 0.717) is 0 Å². The Kier molecular flexibility index (Phi) is 4.85. The SMILES string of the molecule is C[C@H](c1ccccc1)N1C(=O)C[C@H](Sc2ncccc2C(=O)O)C1=O. The normalized spacial score (nSPS) is 18.4. The van der Waals surface area contributed by atoms with E-state index in [2.05, 4.69) is 4.98 Å². The molecule has 3 rings (SSSR count). The molecule has 1 aliphatic rings. The fourth-order valence-corrected chi connectivity index (χ4v) is 3.90. The molecule has 1 aliphatic heterocycles. The second-order valence-electron chi connectivity index (χ2n) is 5.66. The van der Waals surface area contributed by atoms with Crippen LogP contribution in [0.4, 0.5) is 0 Å².